The van der Waals surface area contributed by atoms with Crippen LogP contribution in [0.4, 0.5) is 10.3 Å². The fourth-order valence-corrected chi connectivity index (χ4v) is 3.83. The molecule has 2 aliphatic heterocycles. The van der Waals surface area contributed by atoms with Crippen molar-refractivity contribution in [3.8, 4) is 5.69 Å². The largest absolute Gasteiger partial charge is 0.352 e. The molecule has 0 aliphatic carbocycles. The van der Waals surface area contributed by atoms with E-state index in [4.69, 9.17) is 11.6 Å². The lowest BCUT2D eigenvalue weighted by atomic mass is 10.1. The van der Waals surface area contributed by atoms with Gasteiger partial charge in [-0.1, -0.05) is 29.8 Å². The van der Waals surface area contributed by atoms with Crippen LogP contribution in [0.5, 0.6) is 0 Å². The normalized spacial score (nSPS) is 14.1. The number of anilines is 1. The van der Waals surface area contributed by atoms with Crippen LogP contribution in [0, 0.1) is 5.82 Å². The fourth-order valence-electron chi connectivity index (χ4n) is 3.66. The van der Waals surface area contributed by atoms with Crippen LogP contribution in [0.3, 0.4) is 0 Å². The average molecular weight is 427 g/mol. The maximum atomic E-state index is 13.7. The molecule has 0 saturated heterocycles. The SMILES string of the molecule is O=C(Cn1nc2n(c1=O)-c1cc(Cl)ccc1C1=NCCN12)NCc1ccccc1F. The van der Waals surface area contributed by atoms with E-state index in [1.165, 1.54) is 10.6 Å². The summed E-state index contributed by atoms with van der Waals surface area (Å²) in [4.78, 5) is 31.8. The van der Waals surface area contributed by atoms with E-state index in [2.05, 4.69) is 15.4 Å². The third-order valence-corrected chi connectivity index (χ3v) is 5.31. The zero-order valence-corrected chi connectivity index (χ0v) is 16.4. The summed E-state index contributed by atoms with van der Waals surface area (Å²) in [5, 5.41) is 7.47. The number of carbonyl (C=O) groups is 1. The highest BCUT2D eigenvalue weighted by molar-refractivity contribution is 6.31. The Kier molecular flexibility index (Phi) is 4.39. The summed E-state index contributed by atoms with van der Waals surface area (Å²) in [5.74, 6) is 0.280. The van der Waals surface area contributed by atoms with Gasteiger partial charge in [0.1, 0.15) is 18.2 Å². The summed E-state index contributed by atoms with van der Waals surface area (Å²) < 4.78 is 16.3. The van der Waals surface area contributed by atoms with Crippen LogP contribution < -0.4 is 15.9 Å². The number of aromatic nitrogens is 3. The Balaban J connectivity index is 1.45. The van der Waals surface area contributed by atoms with Crippen LogP contribution in [-0.4, -0.2) is 39.2 Å². The maximum Gasteiger partial charge on any atom is 0.352 e. The highest BCUT2D eigenvalue weighted by Gasteiger charge is 2.34. The summed E-state index contributed by atoms with van der Waals surface area (Å²) in [6, 6.07) is 11.4. The van der Waals surface area contributed by atoms with Gasteiger partial charge < -0.3 is 5.32 Å². The lowest BCUT2D eigenvalue weighted by Crippen LogP contribution is -2.38. The minimum Gasteiger partial charge on any atom is -0.350 e. The van der Waals surface area contributed by atoms with Crippen molar-refractivity contribution in [2.45, 2.75) is 13.1 Å². The molecule has 3 aromatic rings. The van der Waals surface area contributed by atoms with Crippen LogP contribution >= 0.6 is 11.6 Å². The van der Waals surface area contributed by atoms with Gasteiger partial charge in [0.2, 0.25) is 11.9 Å². The van der Waals surface area contributed by atoms with Crippen molar-refractivity contribution in [1.82, 2.24) is 19.7 Å². The highest BCUT2D eigenvalue weighted by atomic mass is 35.5. The van der Waals surface area contributed by atoms with E-state index >= 15 is 0 Å². The van der Waals surface area contributed by atoms with Crippen molar-refractivity contribution in [2.24, 2.45) is 4.99 Å². The predicted molar refractivity (Wildman–Crippen MR) is 110 cm³/mol. The number of halogens is 2. The number of amidine groups is 1. The second kappa shape index (κ2) is 7.10. The number of hydrogen-bond acceptors (Lipinski definition) is 5. The molecule has 1 N–H and O–H groups in total. The number of aliphatic imine (C=N–C) groups is 1. The van der Waals surface area contributed by atoms with Gasteiger partial charge in [-0.05, 0) is 24.3 Å². The van der Waals surface area contributed by atoms with Crippen LogP contribution in [0.25, 0.3) is 5.69 Å². The number of carbonyl (C=O) groups excluding carboxylic acids is 1. The number of nitrogens with one attached hydrogen (secondary N) is 1. The number of amides is 1. The summed E-state index contributed by atoms with van der Waals surface area (Å²) in [7, 11) is 0. The molecular weight excluding hydrogens is 411 g/mol. The first-order valence-corrected chi connectivity index (χ1v) is 9.73. The summed E-state index contributed by atoms with van der Waals surface area (Å²) >= 11 is 6.15. The Bertz CT molecular complexity index is 1260. The first-order valence-electron chi connectivity index (χ1n) is 9.35. The quantitative estimate of drug-likeness (QED) is 0.688. The smallest absolute Gasteiger partial charge is 0.350 e. The van der Waals surface area contributed by atoms with Crippen LogP contribution in [0.1, 0.15) is 11.1 Å². The molecule has 0 saturated carbocycles. The van der Waals surface area contributed by atoms with Crippen LogP contribution in [0.2, 0.25) is 5.02 Å². The second-order valence-electron chi connectivity index (χ2n) is 6.96. The summed E-state index contributed by atoms with van der Waals surface area (Å²) in [5.41, 5.74) is 1.27. The van der Waals surface area contributed by atoms with Gasteiger partial charge in [-0.25, -0.2) is 18.4 Å². The van der Waals surface area contributed by atoms with E-state index in [1.807, 2.05) is 11.0 Å². The number of rotatable bonds is 4. The first-order chi connectivity index (χ1) is 14.5. The van der Waals surface area contributed by atoms with Crippen molar-refractivity contribution >= 4 is 29.3 Å². The minimum atomic E-state index is -0.458. The van der Waals surface area contributed by atoms with Gasteiger partial charge in [-0.3, -0.25) is 14.7 Å². The lowest BCUT2D eigenvalue weighted by molar-refractivity contribution is -0.122. The molecule has 0 atom stereocenters. The Morgan fingerprint density at radius 1 is 1.23 bits per heavy atom. The zero-order valence-electron chi connectivity index (χ0n) is 15.7. The molecule has 0 fully saturated rings. The topological polar surface area (TPSA) is 84.5 Å². The molecule has 0 radical (unpaired) electrons. The summed E-state index contributed by atoms with van der Waals surface area (Å²) in [6.45, 7) is 0.910. The molecule has 0 spiro atoms. The van der Waals surface area contributed by atoms with E-state index in [0.717, 1.165) is 16.1 Å². The Hall–Kier alpha value is -3.46. The number of fused-ring (bicyclic) bond motifs is 6. The summed E-state index contributed by atoms with van der Waals surface area (Å²) in [6.07, 6.45) is 0. The fraction of sp³-hybridized carbons (Fsp3) is 0.200. The predicted octanol–water partition coefficient (Wildman–Crippen LogP) is 1.72. The van der Waals surface area contributed by atoms with Crippen LogP contribution in [-0.2, 0) is 17.9 Å². The van der Waals surface area contributed by atoms with Crippen molar-refractivity contribution < 1.29 is 9.18 Å². The Morgan fingerprint density at radius 3 is 2.90 bits per heavy atom. The molecule has 2 aromatic carbocycles. The van der Waals surface area contributed by atoms with Crippen molar-refractivity contribution in [3.05, 3.63) is 74.9 Å². The number of benzene rings is 2. The molecular formula is C20H16ClFN6O2. The van der Waals surface area contributed by atoms with Gasteiger partial charge >= 0.3 is 5.69 Å². The molecule has 8 nitrogen and oxygen atoms in total. The van der Waals surface area contributed by atoms with Crippen LogP contribution in [0.15, 0.2) is 52.3 Å². The molecule has 1 aromatic heterocycles. The average Bonchev–Trinajstić information content (AvgIpc) is 3.33. The molecule has 0 bridgehead atoms. The Morgan fingerprint density at radius 2 is 2.07 bits per heavy atom. The van der Waals surface area contributed by atoms with E-state index in [-0.39, 0.29) is 13.1 Å². The number of nitrogens with zero attached hydrogens (tertiary/aromatic N) is 5. The van der Waals surface area contributed by atoms with E-state index < -0.39 is 17.4 Å². The van der Waals surface area contributed by atoms with Gasteiger partial charge in [-0.15, -0.1) is 5.10 Å². The van der Waals surface area contributed by atoms with Crippen molar-refractivity contribution in [3.63, 3.8) is 0 Å². The molecule has 3 heterocycles. The van der Waals surface area contributed by atoms with E-state index in [1.54, 1.807) is 30.3 Å². The maximum absolute atomic E-state index is 13.7. The molecule has 10 heteroatoms. The minimum absolute atomic E-state index is 0.0230. The van der Waals surface area contributed by atoms with Gasteiger partial charge in [-0.2, -0.15) is 0 Å². The van der Waals surface area contributed by atoms with E-state index in [0.29, 0.717) is 35.3 Å². The van der Waals surface area contributed by atoms with Gasteiger partial charge in [0.05, 0.1) is 12.2 Å². The second-order valence-corrected chi connectivity index (χ2v) is 7.40. The molecule has 30 heavy (non-hydrogen) atoms. The standard InChI is InChI=1S/C20H16ClFN6O2/c21-13-5-6-14-16(9-13)28-19(26-8-7-23-18(14)26)25-27(20(28)30)11-17(29)24-10-12-3-1-2-4-15(12)22/h1-6,9H,7-8,10-11H2,(H,24,29). The van der Waals surface area contributed by atoms with Gasteiger partial charge in [0, 0.05) is 29.2 Å². The zero-order chi connectivity index (χ0) is 20.8. The molecule has 152 valence electrons. The number of hydrogen-bond donors (Lipinski definition) is 1. The monoisotopic (exact) mass is 426 g/mol. The lowest BCUT2D eigenvalue weighted by Gasteiger charge is -2.26. The molecule has 2 aliphatic rings. The molecule has 1 amide bonds. The third-order valence-electron chi connectivity index (χ3n) is 5.07. The van der Waals surface area contributed by atoms with Crippen molar-refractivity contribution in [2.75, 3.05) is 18.0 Å². The van der Waals surface area contributed by atoms with Gasteiger partial charge in [0.15, 0.2) is 0 Å². The first kappa shape index (κ1) is 18.6. The van der Waals surface area contributed by atoms with Crippen molar-refractivity contribution in [1.29, 1.82) is 0 Å². The van der Waals surface area contributed by atoms with Gasteiger partial charge in [0.25, 0.3) is 0 Å². The van der Waals surface area contributed by atoms with E-state index in [9.17, 15) is 14.0 Å². The Labute approximate surface area is 175 Å². The highest BCUT2D eigenvalue weighted by Crippen LogP contribution is 2.31. The molecule has 0 unspecified atom stereocenters. The molecule has 5 rings (SSSR count). The third kappa shape index (κ3) is 2.98.